The highest BCUT2D eigenvalue weighted by Gasteiger charge is 2.36. The average Bonchev–Trinajstić information content (AvgIpc) is 3.36. The smallest absolute Gasteiger partial charge is 0.344 e. The van der Waals surface area contributed by atoms with Crippen LogP contribution in [0.1, 0.15) is 11.6 Å². The first-order chi connectivity index (χ1) is 21.8. The Morgan fingerprint density at radius 2 is 1.53 bits per heavy atom. The van der Waals surface area contributed by atoms with Crippen molar-refractivity contribution in [2.75, 3.05) is 31.1 Å². The van der Waals surface area contributed by atoms with Gasteiger partial charge in [-0.05, 0) is 48.0 Å². The highest BCUT2D eigenvalue weighted by Crippen LogP contribution is 2.31. The molecule has 0 saturated carbocycles. The predicted octanol–water partition coefficient (Wildman–Crippen LogP) is 4.57. The van der Waals surface area contributed by atoms with Crippen molar-refractivity contribution in [3.05, 3.63) is 131 Å². The highest BCUT2D eigenvalue weighted by molar-refractivity contribution is 7.90. The van der Waals surface area contributed by atoms with Crippen molar-refractivity contribution in [2.24, 2.45) is 0 Å². The molecule has 226 valence electrons. The zero-order valence-corrected chi connectivity index (χ0v) is 25.5. The van der Waals surface area contributed by atoms with E-state index in [-0.39, 0.29) is 27.4 Å². The van der Waals surface area contributed by atoms with Gasteiger partial charge in [0, 0.05) is 60.9 Å². The summed E-state index contributed by atoms with van der Waals surface area (Å²) in [6, 6.07) is 24.4. The van der Waals surface area contributed by atoms with Crippen molar-refractivity contribution in [1.29, 1.82) is 0 Å². The van der Waals surface area contributed by atoms with E-state index in [1.54, 1.807) is 65.8 Å². The Hall–Kier alpha value is -5.00. The van der Waals surface area contributed by atoms with Gasteiger partial charge >= 0.3 is 5.69 Å². The Balaban J connectivity index is 1.38. The summed E-state index contributed by atoms with van der Waals surface area (Å²) in [7, 11) is -4.48. The fourth-order valence-electron chi connectivity index (χ4n) is 5.98. The third kappa shape index (κ3) is 5.03. The molecule has 1 aliphatic rings. The number of anilines is 1. The van der Waals surface area contributed by atoms with Gasteiger partial charge < -0.3 is 9.80 Å². The Kier molecular flexibility index (Phi) is 7.34. The van der Waals surface area contributed by atoms with E-state index < -0.39 is 21.8 Å². The van der Waals surface area contributed by atoms with Crippen LogP contribution in [0.3, 0.4) is 0 Å². The number of halogens is 1. The Morgan fingerprint density at radius 1 is 0.800 bits per heavy atom. The van der Waals surface area contributed by atoms with Crippen molar-refractivity contribution in [2.45, 2.75) is 10.9 Å². The molecular weight excluding hydrogens is 612 g/mol. The molecular formula is C33H27ClN6O4S. The molecule has 1 atom stereocenters. The number of pyridine rings is 2. The Labute approximate surface area is 263 Å². The number of amides is 1. The maximum atomic E-state index is 14.5. The zero-order valence-electron chi connectivity index (χ0n) is 23.9. The molecule has 0 spiro atoms. The van der Waals surface area contributed by atoms with Crippen LogP contribution in [0.2, 0.25) is 5.02 Å². The summed E-state index contributed by atoms with van der Waals surface area (Å²) in [6.07, 6.45) is 4.97. The highest BCUT2D eigenvalue weighted by atomic mass is 35.5. The number of benzene rings is 3. The number of aromatic nitrogens is 4. The van der Waals surface area contributed by atoms with Crippen molar-refractivity contribution in [3.63, 3.8) is 0 Å². The van der Waals surface area contributed by atoms with E-state index in [4.69, 9.17) is 11.6 Å². The van der Waals surface area contributed by atoms with Crippen LogP contribution in [-0.4, -0.2) is 63.9 Å². The number of rotatable bonds is 6. The van der Waals surface area contributed by atoms with E-state index in [1.165, 1.54) is 35.0 Å². The van der Waals surface area contributed by atoms with E-state index in [0.717, 1.165) is 9.66 Å². The molecule has 45 heavy (non-hydrogen) atoms. The molecule has 0 N–H and O–H groups in total. The summed E-state index contributed by atoms with van der Waals surface area (Å²) in [6.45, 7) is 2.00. The Bertz CT molecular complexity index is 2210. The topological polar surface area (TPSA) is 110 Å². The minimum absolute atomic E-state index is 0.105. The standard InChI is InChI=1S/C33H27ClN6O4S/c34-25-11-12-27-28(22-25)39(33(42)40(27)45(43,44)29-10-4-8-23-9-5-15-36-30(23)29)31(24-6-2-1-3-7-24)32(41)38-20-18-37(19-21-38)26-13-16-35-17-14-26/h1-17,22,31H,18-21H2. The zero-order chi connectivity index (χ0) is 31.1. The number of piperazine rings is 1. The molecule has 4 heterocycles. The molecule has 1 aliphatic heterocycles. The van der Waals surface area contributed by atoms with Crippen molar-refractivity contribution >= 4 is 55.2 Å². The van der Waals surface area contributed by atoms with Gasteiger partial charge in [-0.25, -0.2) is 13.2 Å². The maximum absolute atomic E-state index is 14.5. The number of imidazole rings is 1. The number of hydrogen-bond donors (Lipinski definition) is 0. The molecule has 0 bridgehead atoms. The number of fused-ring (bicyclic) bond motifs is 2. The van der Waals surface area contributed by atoms with Crippen LogP contribution in [0.4, 0.5) is 5.69 Å². The molecule has 1 amide bonds. The lowest BCUT2D eigenvalue weighted by Crippen LogP contribution is -2.51. The summed E-state index contributed by atoms with van der Waals surface area (Å²) in [5, 5.41) is 0.907. The molecule has 0 radical (unpaired) electrons. The van der Waals surface area contributed by atoms with Gasteiger partial charge in [0.15, 0.2) is 0 Å². The second kappa shape index (κ2) is 11.5. The van der Waals surface area contributed by atoms with Crippen LogP contribution < -0.4 is 10.6 Å². The largest absolute Gasteiger partial charge is 0.368 e. The van der Waals surface area contributed by atoms with Crippen LogP contribution in [-0.2, 0) is 14.8 Å². The molecule has 1 unspecified atom stereocenters. The molecule has 1 fully saturated rings. The number of hydrogen-bond acceptors (Lipinski definition) is 7. The fourth-order valence-corrected chi connectivity index (χ4v) is 7.72. The van der Waals surface area contributed by atoms with Gasteiger partial charge in [-0.15, -0.1) is 0 Å². The normalized spacial score (nSPS) is 14.6. The molecule has 3 aromatic heterocycles. The fraction of sp³-hybridized carbons (Fsp3) is 0.152. The lowest BCUT2D eigenvalue weighted by Gasteiger charge is -2.37. The minimum Gasteiger partial charge on any atom is -0.368 e. The maximum Gasteiger partial charge on any atom is 0.344 e. The molecule has 3 aromatic carbocycles. The first-order valence-electron chi connectivity index (χ1n) is 14.3. The lowest BCUT2D eigenvalue weighted by molar-refractivity contribution is -0.133. The van der Waals surface area contributed by atoms with Crippen LogP contribution >= 0.6 is 11.6 Å². The molecule has 12 heteroatoms. The first kappa shape index (κ1) is 28.8. The summed E-state index contributed by atoms with van der Waals surface area (Å²) in [5.41, 5.74) is 1.25. The predicted molar refractivity (Wildman–Crippen MR) is 173 cm³/mol. The van der Waals surface area contributed by atoms with Crippen molar-refractivity contribution in [1.82, 2.24) is 23.4 Å². The summed E-state index contributed by atoms with van der Waals surface area (Å²) < 4.78 is 30.7. The molecule has 6 aromatic rings. The van der Waals surface area contributed by atoms with Crippen molar-refractivity contribution < 1.29 is 13.2 Å². The van der Waals surface area contributed by atoms with E-state index in [9.17, 15) is 18.0 Å². The van der Waals surface area contributed by atoms with Crippen LogP contribution in [0.5, 0.6) is 0 Å². The third-order valence-electron chi connectivity index (χ3n) is 8.14. The van der Waals surface area contributed by atoms with Crippen LogP contribution in [0.25, 0.3) is 21.9 Å². The van der Waals surface area contributed by atoms with E-state index in [0.29, 0.717) is 42.2 Å². The second-order valence-electron chi connectivity index (χ2n) is 10.7. The Morgan fingerprint density at radius 3 is 2.29 bits per heavy atom. The number of carbonyl (C=O) groups is 1. The van der Waals surface area contributed by atoms with E-state index in [1.807, 2.05) is 18.2 Å². The summed E-state index contributed by atoms with van der Waals surface area (Å²) in [5.74, 6) is -0.319. The first-order valence-corrected chi connectivity index (χ1v) is 16.2. The monoisotopic (exact) mass is 638 g/mol. The number of para-hydroxylation sites is 1. The number of nitrogens with zero attached hydrogens (tertiary/aromatic N) is 6. The molecule has 10 nitrogen and oxygen atoms in total. The van der Waals surface area contributed by atoms with Gasteiger partial charge in [-0.2, -0.15) is 3.97 Å². The summed E-state index contributed by atoms with van der Waals surface area (Å²) in [4.78, 5) is 41.1. The van der Waals surface area contributed by atoms with Gasteiger partial charge in [0.2, 0.25) is 0 Å². The quantitative estimate of drug-likeness (QED) is 0.263. The van der Waals surface area contributed by atoms with E-state index in [2.05, 4.69) is 14.9 Å². The van der Waals surface area contributed by atoms with Gasteiger partial charge in [0.05, 0.1) is 16.6 Å². The lowest BCUT2D eigenvalue weighted by atomic mass is 10.0. The van der Waals surface area contributed by atoms with Gasteiger partial charge in [0.25, 0.3) is 15.9 Å². The van der Waals surface area contributed by atoms with E-state index >= 15 is 0 Å². The second-order valence-corrected chi connectivity index (χ2v) is 12.9. The molecule has 0 aliphatic carbocycles. The molecule has 7 rings (SSSR count). The average molecular weight is 639 g/mol. The van der Waals surface area contributed by atoms with Crippen LogP contribution in [0.15, 0.2) is 119 Å². The number of carbonyl (C=O) groups excluding carboxylic acids is 1. The van der Waals surface area contributed by atoms with Gasteiger partial charge in [-0.3, -0.25) is 19.3 Å². The minimum atomic E-state index is -4.48. The summed E-state index contributed by atoms with van der Waals surface area (Å²) >= 11 is 6.43. The van der Waals surface area contributed by atoms with Gasteiger partial charge in [-0.1, -0.05) is 60.1 Å². The van der Waals surface area contributed by atoms with Crippen molar-refractivity contribution in [3.8, 4) is 0 Å². The SMILES string of the molecule is O=C(C(c1ccccc1)n1c(=O)n(S(=O)(=O)c2cccc3cccnc23)c2ccc(Cl)cc21)N1CCN(c2ccncc2)CC1. The van der Waals surface area contributed by atoms with Gasteiger partial charge in [0.1, 0.15) is 10.9 Å². The molecule has 1 saturated heterocycles. The van der Waals surface area contributed by atoms with Crippen LogP contribution in [0, 0.1) is 0 Å². The third-order valence-corrected chi connectivity index (χ3v) is 10.1.